The Bertz CT molecular complexity index is 461. The molecule has 0 aromatic carbocycles. The number of amides is 1. The summed E-state index contributed by atoms with van der Waals surface area (Å²) in [5.41, 5.74) is 0. The fourth-order valence-corrected chi connectivity index (χ4v) is 2.25. The minimum atomic E-state index is 0.112. The first-order valence-electron chi connectivity index (χ1n) is 6.13. The molecule has 1 amide bonds. The summed E-state index contributed by atoms with van der Waals surface area (Å²) in [6.07, 6.45) is 0. The van der Waals surface area contributed by atoms with Gasteiger partial charge in [-0.3, -0.25) is 4.79 Å². The van der Waals surface area contributed by atoms with Crippen LogP contribution in [0.4, 0.5) is 5.82 Å². The molecule has 0 radical (unpaired) electrons. The molecule has 19 heavy (non-hydrogen) atoms. The van der Waals surface area contributed by atoms with E-state index in [1.807, 2.05) is 4.90 Å². The molecule has 0 bridgehead atoms. The number of ether oxygens (including phenoxy) is 1. The highest BCUT2D eigenvalue weighted by molar-refractivity contribution is 6.29. The second kappa shape index (κ2) is 6.16. The summed E-state index contributed by atoms with van der Waals surface area (Å²) >= 11 is 5.99. The van der Waals surface area contributed by atoms with Crippen LogP contribution in [0.15, 0.2) is 6.07 Å². The monoisotopic (exact) mass is 284 g/mol. The maximum atomic E-state index is 11.3. The molecule has 1 fully saturated rings. The summed E-state index contributed by atoms with van der Waals surface area (Å²) in [6, 6.07) is 1.74. The first-order valence-corrected chi connectivity index (χ1v) is 6.51. The molecule has 1 aliphatic heterocycles. The van der Waals surface area contributed by atoms with Gasteiger partial charge in [-0.25, -0.2) is 9.97 Å². The maximum Gasteiger partial charge on any atom is 0.219 e. The molecule has 7 heteroatoms. The number of halogens is 1. The van der Waals surface area contributed by atoms with E-state index in [2.05, 4.69) is 14.9 Å². The second-order valence-electron chi connectivity index (χ2n) is 4.39. The van der Waals surface area contributed by atoms with Crippen molar-refractivity contribution in [2.45, 2.75) is 13.5 Å². The molecular formula is C12H17ClN4O2. The molecule has 0 aliphatic carbocycles. The number of methoxy groups -OCH3 is 1. The fourth-order valence-electron chi connectivity index (χ4n) is 2.06. The number of piperazine rings is 1. The summed E-state index contributed by atoms with van der Waals surface area (Å²) in [6.45, 7) is 4.83. The van der Waals surface area contributed by atoms with Gasteiger partial charge in [0.1, 0.15) is 17.6 Å². The average Bonchev–Trinajstić information content (AvgIpc) is 2.38. The van der Waals surface area contributed by atoms with Gasteiger partial charge in [0.2, 0.25) is 5.91 Å². The number of rotatable bonds is 3. The third-order valence-corrected chi connectivity index (χ3v) is 3.24. The lowest BCUT2D eigenvalue weighted by Crippen LogP contribution is -2.48. The van der Waals surface area contributed by atoms with Crippen LogP contribution in [0.25, 0.3) is 0 Å². The van der Waals surface area contributed by atoms with Gasteiger partial charge in [0.15, 0.2) is 5.82 Å². The standard InChI is InChI=1S/C12H17ClN4O2/c1-9(18)16-3-5-17(6-4-16)12-7-10(13)14-11(15-12)8-19-2/h7H,3-6,8H2,1-2H3. The largest absolute Gasteiger partial charge is 0.377 e. The highest BCUT2D eigenvalue weighted by atomic mass is 35.5. The lowest BCUT2D eigenvalue weighted by atomic mass is 10.3. The van der Waals surface area contributed by atoms with Crippen LogP contribution < -0.4 is 4.90 Å². The van der Waals surface area contributed by atoms with Crippen LogP contribution in [-0.4, -0.2) is 54.1 Å². The van der Waals surface area contributed by atoms with E-state index in [1.165, 1.54) is 0 Å². The Labute approximate surface area is 117 Å². The molecule has 1 saturated heterocycles. The molecular weight excluding hydrogens is 268 g/mol. The predicted molar refractivity (Wildman–Crippen MR) is 72.2 cm³/mol. The van der Waals surface area contributed by atoms with Crippen molar-refractivity contribution in [1.82, 2.24) is 14.9 Å². The summed E-state index contributed by atoms with van der Waals surface area (Å²) in [5, 5.41) is 0.408. The Hall–Kier alpha value is -1.40. The highest BCUT2D eigenvalue weighted by Crippen LogP contribution is 2.18. The zero-order chi connectivity index (χ0) is 13.8. The fraction of sp³-hybridized carbons (Fsp3) is 0.583. The van der Waals surface area contributed by atoms with Crippen LogP contribution in [0.5, 0.6) is 0 Å². The van der Waals surface area contributed by atoms with Crippen LogP contribution in [0.2, 0.25) is 5.15 Å². The number of carbonyl (C=O) groups excluding carboxylic acids is 1. The SMILES string of the molecule is COCc1nc(Cl)cc(N2CCN(C(C)=O)CC2)n1. The third-order valence-electron chi connectivity index (χ3n) is 3.05. The number of hydrogen-bond donors (Lipinski definition) is 0. The van der Waals surface area contributed by atoms with Crippen LogP contribution in [0, 0.1) is 0 Å². The lowest BCUT2D eigenvalue weighted by Gasteiger charge is -2.35. The van der Waals surface area contributed by atoms with E-state index in [-0.39, 0.29) is 5.91 Å². The van der Waals surface area contributed by atoms with Crippen molar-refractivity contribution in [3.63, 3.8) is 0 Å². The summed E-state index contributed by atoms with van der Waals surface area (Å²) in [4.78, 5) is 23.7. The molecule has 1 aromatic rings. The Balaban J connectivity index is 2.08. The first-order chi connectivity index (χ1) is 9.10. The van der Waals surface area contributed by atoms with Crippen LogP contribution in [-0.2, 0) is 16.1 Å². The molecule has 104 valence electrons. The summed E-state index contributed by atoms with van der Waals surface area (Å²) < 4.78 is 5.02. The summed E-state index contributed by atoms with van der Waals surface area (Å²) in [7, 11) is 1.59. The Morgan fingerprint density at radius 1 is 1.37 bits per heavy atom. The van der Waals surface area contributed by atoms with Gasteiger partial charge in [-0.1, -0.05) is 11.6 Å². The Kier molecular flexibility index (Phi) is 4.55. The zero-order valence-corrected chi connectivity index (χ0v) is 11.9. The summed E-state index contributed by atoms with van der Waals surface area (Å²) in [5.74, 6) is 1.47. The number of aromatic nitrogens is 2. The quantitative estimate of drug-likeness (QED) is 0.774. The van der Waals surface area contributed by atoms with Crippen molar-refractivity contribution in [2.24, 2.45) is 0 Å². The van der Waals surface area contributed by atoms with Gasteiger partial charge in [0, 0.05) is 46.3 Å². The minimum absolute atomic E-state index is 0.112. The smallest absolute Gasteiger partial charge is 0.219 e. The van der Waals surface area contributed by atoms with E-state index in [0.29, 0.717) is 30.7 Å². The van der Waals surface area contributed by atoms with Crippen LogP contribution in [0.3, 0.4) is 0 Å². The highest BCUT2D eigenvalue weighted by Gasteiger charge is 2.20. The Morgan fingerprint density at radius 3 is 2.63 bits per heavy atom. The van der Waals surface area contributed by atoms with E-state index < -0.39 is 0 Å². The second-order valence-corrected chi connectivity index (χ2v) is 4.78. The normalized spacial score (nSPS) is 15.7. The molecule has 6 nitrogen and oxygen atoms in total. The lowest BCUT2D eigenvalue weighted by molar-refractivity contribution is -0.129. The molecule has 1 aromatic heterocycles. The van der Waals surface area contributed by atoms with Crippen molar-refractivity contribution in [3.8, 4) is 0 Å². The third kappa shape index (κ3) is 3.54. The Morgan fingerprint density at radius 2 is 2.05 bits per heavy atom. The van der Waals surface area contributed by atoms with Crippen molar-refractivity contribution < 1.29 is 9.53 Å². The van der Waals surface area contributed by atoms with Gasteiger partial charge in [-0.2, -0.15) is 0 Å². The molecule has 0 N–H and O–H groups in total. The zero-order valence-electron chi connectivity index (χ0n) is 11.1. The van der Waals surface area contributed by atoms with Crippen molar-refractivity contribution in [3.05, 3.63) is 17.0 Å². The minimum Gasteiger partial charge on any atom is -0.377 e. The molecule has 2 heterocycles. The number of hydrogen-bond acceptors (Lipinski definition) is 5. The van der Waals surface area contributed by atoms with Crippen molar-refractivity contribution in [2.75, 3.05) is 38.2 Å². The van der Waals surface area contributed by atoms with Gasteiger partial charge in [-0.05, 0) is 0 Å². The van der Waals surface area contributed by atoms with E-state index in [9.17, 15) is 4.79 Å². The predicted octanol–water partition coefficient (Wildman–Crippen LogP) is 0.945. The molecule has 2 rings (SSSR count). The molecule has 0 spiro atoms. The van der Waals surface area contributed by atoms with Gasteiger partial charge >= 0.3 is 0 Å². The molecule has 0 atom stereocenters. The molecule has 0 saturated carbocycles. The first kappa shape index (κ1) is 14.0. The van der Waals surface area contributed by atoms with Gasteiger partial charge in [0.25, 0.3) is 0 Å². The van der Waals surface area contributed by atoms with Crippen LogP contribution in [0.1, 0.15) is 12.7 Å². The maximum absolute atomic E-state index is 11.3. The van der Waals surface area contributed by atoms with Gasteiger partial charge < -0.3 is 14.5 Å². The molecule has 0 unspecified atom stereocenters. The average molecular weight is 285 g/mol. The topological polar surface area (TPSA) is 58.6 Å². The van der Waals surface area contributed by atoms with E-state index in [4.69, 9.17) is 16.3 Å². The van der Waals surface area contributed by atoms with Gasteiger partial charge in [0.05, 0.1) is 0 Å². The van der Waals surface area contributed by atoms with Crippen molar-refractivity contribution >= 4 is 23.3 Å². The van der Waals surface area contributed by atoms with E-state index in [0.717, 1.165) is 18.9 Å². The van der Waals surface area contributed by atoms with Gasteiger partial charge in [-0.15, -0.1) is 0 Å². The number of nitrogens with zero attached hydrogens (tertiary/aromatic N) is 4. The van der Waals surface area contributed by atoms with Crippen LogP contribution >= 0.6 is 11.6 Å². The number of anilines is 1. The van der Waals surface area contributed by atoms with Crippen molar-refractivity contribution in [1.29, 1.82) is 0 Å². The molecule has 1 aliphatic rings. The van der Waals surface area contributed by atoms with E-state index in [1.54, 1.807) is 20.1 Å². The van der Waals surface area contributed by atoms with E-state index >= 15 is 0 Å². The number of carbonyl (C=O) groups is 1.